The van der Waals surface area contributed by atoms with Crippen molar-refractivity contribution >= 4 is 11.8 Å². The zero-order chi connectivity index (χ0) is 24.0. The van der Waals surface area contributed by atoms with E-state index in [0.29, 0.717) is 37.7 Å². The minimum atomic E-state index is -2.19. The molecule has 7 heteroatoms. The van der Waals surface area contributed by atoms with Crippen molar-refractivity contribution in [3.05, 3.63) is 12.2 Å². The molecule has 2 saturated heterocycles. The van der Waals surface area contributed by atoms with Crippen LogP contribution in [0.15, 0.2) is 12.2 Å². The summed E-state index contributed by atoms with van der Waals surface area (Å²) < 4.78 is 12.0. The van der Waals surface area contributed by atoms with Gasteiger partial charge in [0.25, 0.3) is 0 Å². The molecular weight excluding hydrogens is 424 g/mol. The molecule has 4 bridgehead atoms. The third-order valence-electron chi connectivity index (χ3n) is 10.1. The van der Waals surface area contributed by atoms with E-state index in [9.17, 15) is 24.9 Å². The Balaban J connectivity index is 1.64. The Morgan fingerprint density at radius 1 is 1.21 bits per heavy atom. The summed E-state index contributed by atoms with van der Waals surface area (Å²) in [5.74, 6) is -4.30. The molecule has 2 heterocycles. The first-order chi connectivity index (χ1) is 15.5. The van der Waals surface area contributed by atoms with Crippen LogP contribution in [0.5, 0.6) is 0 Å². The summed E-state index contributed by atoms with van der Waals surface area (Å²) >= 11 is 0. The van der Waals surface area contributed by atoms with Crippen LogP contribution in [0.3, 0.4) is 0 Å². The highest BCUT2D eigenvalue weighted by atomic mass is 16.6. The molecular formula is C26H38O7. The number of aliphatic hydroxyl groups is 3. The van der Waals surface area contributed by atoms with Crippen molar-refractivity contribution in [2.24, 2.45) is 34.0 Å². The standard InChI is InChI=1S/C26H38O7/c1-5-6-7-8-18(28)33-22-15-9-10-16-24-13-32-26(31,25(16,22)20(29)14(15)2)21(30)19(24)23(3,4)12-11-17(24)27/h15-17,19,21-22,27,30-31H,2,5-13H2,1,3-4H3. The van der Waals surface area contributed by atoms with Gasteiger partial charge in [-0.15, -0.1) is 0 Å². The van der Waals surface area contributed by atoms with Crippen LogP contribution < -0.4 is 0 Å². The molecule has 9 unspecified atom stereocenters. The lowest BCUT2D eigenvalue weighted by molar-refractivity contribution is -0.458. The molecule has 6 aliphatic rings. The summed E-state index contributed by atoms with van der Waals surface area (Å²) in [5.41, 5.74) is -2.57. The predicted octanol–water partition coefficient (Wildman–Crippen LogP) is 2.51. The summed E-state index contributed by atoms with van der Waals surface area (Å²) in [5, 5.41) is 35.2. The molecule has 0 aromatic carbocycles. The molecule has 3 N–H and O–H groups in total. The molecule has 9 atom stereocenters. The van der Waals surface area contributed by atoms with E-state index in [1.807, 2.05) is 0 Å². The normalized spacial score (nSPS) is 49.5. The zero-order valence-corrected chi connectivity index (χ0v) is 20.0. The van der Waals surface area contributed by atoms with Crippen molar-refractivity contribution in [2.75, 3.05) is 6.61 Å². The number of fused-ring (bicyclic) bond motifs is 2. The minimum Gasteiger partial charge on any atom is -0.460 e. The molecule has 2 aliphatic heterocycles. The Morgan fingerprint density at radius 2 is 1.94 bits per heavy atom. The maximum Gasteiger partial charge on any atom is 0.306 e. The third-order valence-corrected chi connectivity index (χ3v) is 10.1. The van der Waals surface area contributed by atoms with Crippen molar-refractivity contribution in [1.82, 2.24) is 0 Å². The molecule has 2 spiro atoms. The second kappa shape index (κ2) is 7.36. The van der Waals surface area contributed by atoms with Gasteiger partial charge in [0.05, 0.1) is 12.7 Å². The van der Waals surface area contributed by atoms with E-state index in [-0.39, 0.29) is 24.2 Å². The lowest BCUT2D eigenvalue weighted by atomic mass is 9.35. The van der Waals surface area contributed by atoms with E-state index in [4.69, 9.17) is 9.47 Å². The number of hydrogen-bond donors (Lipinski definition) is 3. The molecule has 184 valence electrons. The highest BCUT2D eigenvalue weighted by Gasteiger charge is 2.87. The van der Waals surface area contributed by atoms with Gasteiger partial charge in [-0.1, -0.05) is 40.2 Å². The smallest absolute Gasteiger partial charge is 0.306 e. The first kappa shape index (κ1) is 23.5. The lowest BCUT2D eigenvalue weighted by Gasteiger charge is -2.74. The van der Waals surface area contributed by atoms with E-state index in [1.54, 1.807) is 0 Å². The number of carbonyl (C=O) groups is 2. The van der Waals surface area contributed by atoms with Crippen LogP contribution >= 0.6 is 0 Å². The monoisotopic (exact) mass is 462 g/mol. The number of ketones is 1. The van der Waals surface area contributed by atoms with Crippen molar-refractivity contribution in [3.8, 4) is 0 Å². The first-order valence-electron chi connectivity index (χ1n) is 12.7. The van der Waals surface area contributed by atoms with Crippen LogP contribution in [-0.4, -0.2) is 57.8 Å². The summed E-state index contributed by atoms with van der Waals surface area (Å²) in [4.78, 5) is 26.8. The van der Waals surface area contributed by atoms with E-state index >= 15 is 0 Å². The van der Waals surface area contributed by atoms with Crippen molar-refractivity contribution in [2.45, 2.75) is 96.2 Å². The van der Waals surface area contributed by atoms with Crippen molar-refractivity contribution < 1.29 is 34.4 Å². The van der Waals surface area contributed by atoms with Crippen LogP contribution in [0.25, 0.3) is 0 Å². The molecule has 7 nitrogen and oxygen atoms in total. The summed E-state index contributed by atoms with van der Waals surface area (Å²) in [6, 6.07) is 0. The largest absolute Gasteiger partial charge is 0.460 e. The zero-order valence-electron chi connectivity index (χ0n) is 20.0. The van der Waals surface area contributed by atoms with E-state index in [0.717, 1.165) is 12.8 Å². The second-order valence-corrected chi connectivity index (χ2v) is 11.9. The molecule has 0 aromatic heterocycles. The molecule has 4 aliphatic carbocycles. The highest BCUT2D eigenvalue weighted by Crippen LogP contribution is 2.76. The average Bonchev–Trinajstić information content (AvgIpc) is 2.87. The Hall–Kier alpha value is -1.28. The predicted molar refractivity (Wildman–Crippen MR) is 119 cm³/mol. The van der Waals surface area contributed by atoms with E-state index < -0.39 is 58.7 Å². The van der Waals surface area contributed by atoms with E-state index in [2.05, 4.69) is 27.4 Å². The van der Waals surface area contributed by atoms with Crippen LogP contribution in [-0.2, 0) is 19.1 Å². The second-order valence-electron chi connectivity index (χ2n) is 11.9. The van der Waals surface area contributed by atoms with Crippen LogP contribution in [0.1, 0.15) is 72.1 Å². The number of rotatable bonds is 5. The first-order valence-corrected chi connectivity index (χ1v) is 12.7. The number of esters is 1. The fourth-order valence-electron chi connectivity index (χ4n) is 8.76. The topological polar surface area (TPSA) is 113 Å². The number of unbranched alkanes of at least 4 members (excludes halogenated alkanes) is 2. The van der Waals surface area contributed by atoms with Crippen LogP contribution in [0, 0.1) is 34.0 Å². The average molecular weight is 463 g/mol. The number of hydrogen-bond acceptors (Lipinski definition) is 7. The quantitative estimate of drug-likeness (QED) is 0.327. The minimum absolute atomic E-state index is 0.0732. The molecule has 0 aromatic rings. The number of ether oxygens (including phenoxy) is 2. The number of aliphatic hydroxyl groups excluding tert-OH is 2. The summed E-state index contributed by atoms with van der Waals surface area (Å²) in [6.45, 7) is 10.3. The van der Waals surface area contributed by atoms with Gasteiger partial charge < -0.3 is 24.8 Å². The highest BCUT2D eigenvalue weighted by molar-refractivity contribution is 6.05. The van der Waals surface area contributed by atoms with Gasteiger partial charge in [-0.25, -0.2) is 0 Å². The van der Waals surface area contributed by atoms with E-state index in [1.165, 1.54) is 0 Å². The van der Waals surface area contributed by atoms with Gasteiger partial charge in [0, 0.05) is 23.7 Å². The summed E-state index contributed by atoms with van der Waals surface area (Å²) in [6.07, 6.45) is 2.11. The van der Waals surface area contributed by atoms with Crippen molar-refractivity contribution in [3.63, 3.8) is 0 Å². The van der Waals surface area contributed by atoms with Gasteiger partial charge in [-0.05, 0) is 49.0 Å². The van der Waals surface area contributed by atoms with Crippen LogP contribution in [0.4, 0.5) is 0 Å². The maximum absolute atomic E-state index is 14.0. The Labute approximate surface area is 195 Å². The van der Waals surface area contributed by atoms with Crippen molar-refractivity contribution in [1.29, 1.82) is 0 Å². The van der Waals surface area contributed by atoms with Gasteiger partial charge in [-0.3, -0.25) is 9.59 Å². The molecule has 0 amide bonds. The molecule has 33 heavy (non-hydrogen) atoms. The van der Waals surface area contributed by atoms with Gasteiger partial charge in [-0.2, -0.15) is 0 Å². The fourth-order valence-corrected chi connectivity index (χ4v) is 8.76. The number of carbonyl (C=O) groups excluding carboxylic acids is 2. The van der Waals surface area contributed by atoms with Gasteiger partial charge >= 0.3 is 5.97 Å². The molecule has 0 radical (unpaired) electrons. The lowest BCUT2D eigenvalue weighted by Crippen LogP contribution is -2.85. The molecule has 6 rings (SSSR count). The number of Topliss-reactive ketones (excluding diaryl/α,β-unsaturated/α-hetero) is 1. The van der Waals surface area contributed by atoms with Gasteiger partial charge in [0.15, 0.2) is 5.78 Å². The van der Waals surface area contributed by atoms with Crippen LogP contribution in [0.2, 0.25) is 0 Å². The molecule has 4 saturated carbocycles. The molecule has 6 fully saturated rings. The SMILES string of the molecule is C=C1C(=O)C23C(OC(=O)CCCCC)C1CCC2C12COC3(O)C(O)C1C(C)(C)CCC2O. The summed E-state index contributed by atoms with van der Waals surface area (Å²) in [7, 11) is 0. The third kappa shape index (κ3) is 2.60. The fraction of sp³-hybridized carbons (Fsp3) is 0.846. The van der Waals surface area contributed by atoms with Gasteiger partial charge in [0.1, 0.15) is 17.6 Å². The Bertz CT molecular complexity index is 882. The van der Waals surface area contributed by atoms with Gasteiger partial charge in [0.2, 0.25) is 5.79 Å². The Morgan fingerprint density at radius 3 is 2.64 bits per heavy atom. The Kier molecular flexibility index (Phi) is 5.23. The maximum atomic E-state index is 14.0.